The predicted molar refractivity (Wildman–Crippen MR) is 116 cm³/mol. The van der Waals surface area contributed by atoms with Crippen LogP contribution in [0, 0.1) is 28.6 Å². The van der Waals surface area contributed by atoms with E-state index in [0.717, 1.165) is 18.4 Å². The molecule has 8 heteroatoms. The molecule has 0 aromatic carbocycles. The molecule has 0 aliphatic heterocycles. The van der Waals surface area contributed by atoms with Crippen molar-refractivity contribution < 1.29 is 39.2 Å². The number of carboxylic acids is 1. The maximum absolute atomic E-state index is 12.7. The zero-order valence-electron chi connectivity index (χ0n) is 19.3. The molecule has 4 aliphatic carbocycles. The van der Waals surface area contributed by atoms with Crippen molar-refractivity contribution >= 4 is 23.5 Å². The standard InChI is InChI=1S/C25H34O8/c1-23-9-7-15(27)11-14(23)3-4-16-17-8-10-25(32,19(28)13-26)24(17,2)12-18(22(16)23)33-21(31)6-5-20(29)30/h11,16-18,22,26,32H,3-10,12-13H2,1-2H3,(H,29,30)/t16-,17-,18-,22+,23-,24-,25-/m0/s1. The highest BCUT2D eigenvalue weighted by atomic mass is 16.5. The van der Waals surface area contributed by atoms with E-state index in [1.807, 2.05) is 6.92 Å². The molecule has 0 amide bonds. The van der Waals surface area contributed by atoms with Gasteiger partial charge in [0.2, 0.25) is 0 Å². The number of aliphatic carboxylic acids is 1. The van der Waals surface area contributed by atoms with E-state index in [-0.39, 0.29) is 54.6 Å². The SMILES string of the molecule is C[C@]12CCC(=O)C=C1CC[C@@H]1[C@@H]2[C@@H](OC(=O)CCC(=O)O)C[C@@]2(C)[C@H]1CC[C@]2(O)C(=O)CO. The van der Waals surface area contributed by atoms with Crippen LogP contribution in [0.2, 0.25) is 0 Å². The molecule has 0 bridgehead atoms. The van der Waals surface area contributed by atoms with E-state index < -0.39 is 41.4 Å². The first-order valence-electron chi connectivity index (χ1n) is 12.0. The van der Waals surface area contributed by atoms with Gasteiger partial charge in [0.05, 0.1) is 12.8 Å². The molecule has 4 rings (SSSR count). The summed E-state index contributed by atoms with van der Waals surface area (Å²) >= 11 is 0. The second-order valence-electron chi connectivity index (χ2n) is 10.9. The molecule has 7 atom stereocenters. The Hall–Kier alpha value is -2.06. The minimum Gasteiger partial charge on any atom is -0.481 e. The molecule has 4 aliphatic rings. The quantitative estimate of drug-likeness (QED) is 0.511. The van der Waals surface area contributed by atoms with Gasteiger partial charge in [-0.15, -0.1) is 0 Å². The number of ketones is 2. The molecular weight excluding hydrogens is 428 g/mol. The van der Waals surface area contributed by atoms with Crippen LogP contribution >= 0.6 is 0 Å². The number of allylic oxidation sites excluding steroid dienone is 1. The van der Waals surface area contributed by atoms with Crippen LogP contribution < -0.4 is 0 Å². The number of carbonyl (C=O) groups excluding carboxylic acids is 3. The van der Waals surface area contributed by atoms with Gasteiger partial charge in [-0.1, -0.05) is 19.4 Å². The molecule has 3 saturated carbocycles. The van der Waals surface area contributed by atoms with Crippen LogP contribution in [0.4, 0.5) is 0 Å². The lowest BCUT2D eigenvalue weighted by molar-refractivity contribution is -0.196. The first kappa shape index (κ1) is 24.1. The predicted octanol–water partition coefficient (Wildman–Crippen LogP) is 2.20. The largest absolute Gasteiger partial charge is 0.481 e. The minimum atomic E-state index is -1.69. The number of carbonyl (C=O) groups is 4. The first-order chi connectivity index (χ1) is 15.5. The van der Waals surface area contributed by atoms with E-state index in [2.05, 4.69) is 6.92 Å². The lowest BCUT2D eigenvalue weighted by atomic mass is 9.45. The fraction of sp³-hybridized carbons (Fsp3) is 0.760. The zero-order valence-corrected chi connectivity index (χ0v) is 19.3. The van der Waals surface area contributed by atoms with Crippen molar-refractivity contribution in [2.45, 2.75) is 83.3 Å². The van der Waals surface area contributed by atoms with E-state index >= 15 is 0 Å². The van der Waals surface area contributed by atoms with Crippen molar-refractivity contribution in [2.24, 2.45) is 28.6 Å². The van der Waals surface area contributed by atoms with Crippen LogP contribution in [0.25, 0.3) is 0 Å². The summed E-state index contributed by atoms with van der Waals surface area (Å²) in [5, 5.41) is 30.0. The molecule has 182 valence electrons. The molecule has 3 fully saturated rings. The normalized spacial score (nSPS) is 41.9. The molecule has 0 aromatic rings. The van der Waals surface area contributed by atoms with Crippen LogP contribution in [-0.2, 0) is 23.9 Å². The average Bonchev–Trinajstić information content (AvgIpc) is 3.03. The third kappa shape index (κ3) is 3.66. The van der Waals surface area contributed by atoms with Gasteiger partial charge in [0, 0.05) is 17.8 Å². The summed E-state index contributed by atoms with van der Waals surface area (Å²) in [5.41, 5.74) is -1.82. The Bertz CT molecular complexity index is 908. The van der Waals surface area contributed by atoms with Crippen molar-refractivity contribution in [3.05, 3.63) is 11.6 Å². The van der Waals surface area contributed by atoms with Gasteiger partial charge < -0.3 is 20.1 Å². The molecular formula is C25H34O8. The van der Waals surface area contributed by atoms with Crippen molar-refractivity contribution in [3.63, 3.8) is 0 Å². The number of esters is 1. The monoisotopic (exact) mass is 462 g/mol. The van der Waals surface area contributed by atoms with Crippen LogP contribution in [-0.4, -0.2) is 57.1 Å². The first-order valence-corrected chi connectivity index (χ1v) is 12.0. The number of fused-ring (bicyclic) bond motifs is 5. The Morgan fingerprint density at radius 3 is 2.52 bits per heavy atom. The van der Waals surface area contributed by atoms with Crippen molar-refractivity contribution in [2.75, 3.05) is 6.61 Å². The van der Waals surface area contributed by atoms with Gasteiger partial charge in [0.15, 0.2) is 11.6 Å². The fourth-order valence-electron chi connectivity index (χ4n) is 7.79. The van der Waals surface area contributed by atoms with E-state index in [4.69, 9.17) is 9.84 Å². The second-order valence-corrected chi connectivity index (χ2v) is 10.9. The van der Waals surface area contributed by atoms with Crippen LogP contribution in [0.15, 0.2) is 11.6 Å². The average molecular weight is 463 g/mol. The van der Waals surface area contributed by atoms with Gasteiger partial charge in [0.1, 0.15) is 18.3 Å². The molecule has 0 unspecified atom stereocenters. The Morgan fingerprint density at radius 1 is 1.12 bits per heavy atom. The third-order valence-corrected chi connectivity index (χ3v) is 9.46. The molecule has 0 aromatic heterocycles. The highest BCUT2D eigenvalue weighted by molar-refractivity contribution is 5.92. The van der Waals surface area contributed by atoms with Gasteiger partial charge in [-0.05, 0) is 61.9 Å². The Kier molecular flexibility index (Phi) is 6.06. The maximum Gasteiger partial charge on any atom is 0.306 e. The molecule has 8 nitrogen and oxygen atoms in total. The number of carboxylic acid groups (broad SMARTS) is 1. The van der Waals surface area contributed by atoms with Crippen LogP contribution in [0.5, 0.6) is 0 Å². The Labute approximate surface area is 193 Å². The number of aliphatic hydroxyl groups excluding tert-OH is 1. The fourth-order valence-corrected chi connectivity index (χ4v) is 7.79. The van der Waals surface area contributed by atoms with Gasteiger partial charge in [-0.3, -0.25) is 19.2 Å². The number of rotatable bonds is 6. The van der Waals surface area contributed by atoms with Gasteiger partial charge in [0.25, 0.3) is 0 Å². The lowest BCUT2D eigenvalue weighted by Gasteiger charge is -2.60. The number of hydrogen-bond donors (Lipinski definition) is 3. The number of Topliss-reactive ketones (excluding diaryl/α,β-unsaturated/α-hetero) is 1. The summed E-state index contributed by atoms with van der Waals surface area (Å²) in [7, 11) is 0. The highest BCUT2D eigenvalue weighted by Crippen LogP contribution is 2.68. The molecule has 0 spiro atoms. The Balaban J connectivity index is 1.73. The third-order valence-electron chi connectivity index (χ3n) is 9.46. The van der Waals surface area contributed by atoms with E-state index in [1.165, 1.54) is 0 Å². The lowest BCUT2D eigenvalue weighted by Crippen LogP contribution is -2.62. The summed E-state index contributed by atoms with van der Waals surface area (Å²) in [6.07, 6.45) is 4.33. The van der Waals surface area contributed by atoms with Crippen LogP contribution in [0.1, 0.15) is 71.6 Å². The topological polar surface area (TPSA) is 138 Å². The van der Waals surface area contributed by atoms with E-state index in [1.54, 1.807) is 6.08 Å². The van der Waals surface area contributed by atoms with Crippen molar-refractivity contribution in [1.29, 1.82) is 0 Å². The zero-order chi connectivity index (χ0) is 24.2. The number of aliphatic hydroxyl groups is 2. The minimum absolute atomic E-state index is 0.0213. The van der Waals surface area contributed by atoms with Crippen molar-refractivity contribution in [1.82, 2.24) is 0 Å². The van der Waals surface area contributed by atoms with Gasteiger partial charge >= 0.3 is 11.9 Å². The highest BCUT2D eigenvalue weighted by Gasteiger charge is 2.69. The second kappa shape index (κ2) is 8.31. The van der Waals surface area contributed by atoms with Crippen molar-refractivity contribution in [3.8, 4) is 0 Å². The maximum atomic E-state index is 12.7. The molecule has 0 saturated heterocycles. The molecule has 3 N–H and O–H groups in total. The summed E-state index contributed by atoms with van der Waals surface area (Å²) in [5.74, 6) is -2.16. The summed E-state index contributed by atoms with van der Waals surface area (Å²) in [6.45, 7) is 3.25. The number of hydrogen-bond acceptors (Lipinski definition) is 7. The summed E-state index contributed by atoms with van der Waals surface area (Å²) in [4.78, 5) is 48.4. The molecule has 33 heavy (non-hydrogen) atoms. The van der Waals surface area contributed by atoms with E-state index in [0.29, 0.717) is 19.3 Å². The smallest absolute Gasteiger partial charge is 0.306 e. The van der Waals surface area contributed by atoms with Gasteiger partial charge in [-0.25, -0.2) is 0 Å². The van der Waals surface area contributed by atoms with E-state index in [9.17, 15) is 29.4 Å². The summed E-state index contributed by atoms with van der Waals surface area (Å²) in [6, 6.07) is 0. The summed E-state index contributed by atoms with van der Waals surface area (Å²) < 4.78 is 5.93. The molecule has 0 heterocycles. The van der Waals surface area contributed by atoms with Crippen LogP contribution in [0.3, 0.4) is 0 Å². The molecule has 0 radical (unpaired) electrons. The number of ether oxygens (including phenoxy) is 1. The Morgan fingerprint density at radius 2 is 1.85 bits per heavy atom. The van der Waals surface area contributed by atoms with Gasteiger partial charge in [-0.2, -0.15) is 0 Å².